The molecule has 9 heteroatoms. The highest BCUT2D eigenvalue weighted by Crippen LogP contribution is 2.27. The van der Waals surface area contributed by atoms with E-state index in [0.717, 1.165) is 5.56 Å². The number of likely N-dealkylation sites (tertiary alicyclic amines) is 1. The average molecular weight is 418 g/mol. The topological polar surface area (TPSA) is 110 Å². The van der Waals surface area contributed by atoms with Crippen molar-refractivity contribution in [2.45, 2.75) is 51.5 Å². The first kappa shape index (κ1) is 21.5. The summed E-state index contributed by atoms with van der Waals surface area (Å²) in [6.07, 6.45) is -0.920. The number of ether oxygens (including phenoxy) is 2. The Kier molecular flexibility index (Phi) is 6.21. The van der Waals surface area contributed by atoms with E-state index in [1.165, 1.54) is 17.0 Å². The summed E-state index contributed by atoms with van der Waals surface area (Å²) in [5.41, 5.74) is 0.173. The molecule has 0 saturated carbocycles. The molecule has 1 fully saturated rings. The third-order valence-corrected chi connectivity index (χ3v) is 4.50. The molecule has 0 aliphatic carbocycles. The zero-order valence-corrected chi connectivity index (χ0v) is 17.1. The van der Waals surface area contributed by atoms with Crippen molar-refractivity contribution in [3.05, 3.63) is 48.0 Å². The number of carbonyl (C=O) groups is 2. The lowest BCUT2D eigenvalue weighted by Gasteiger charge is -2.29. The number of nitrogens with zero attached hydrogens (tertiary/aromatic N) is 2. The summed E-state index contributed by atoms with van der Waals surface area (Å²) in [5, 5.41) is 19.5. The van der Waals surface area contributed by atoms with Gasteiger partial charge in [0.05, 0.1) is 12.7 Å². The summed E-state index contributed by atoms with van der Waals surface area (Å²) in [7, 11) is 0. The van der Waals surface area contributed by atoms with Gasteiger partial charge in [0.25, 0.3) is 0 Å². The molecule has 3 rings (SSSR count). The molecule has 2 atom stereocenters. The quantitative estimate of drug-likeness (QED) is 0.767. The molecule has 1 amide bonds. The molecule has 2 heterocycles. The van der Waals surface area contributed by atoms with Crippen molar-refractivity contribution in [2.75, 3.05) is 6.54 Å². The van der Waals surface area contributed by atoms with Gasteiger partial charge >= 0.3 is 12.1 Å². The van der Waals surface area contributed by atoms with E-state index >= 15 is 0 Å². The normalized spacial score (nSPS) is 19.0. The fraction of sp³-hybridized carbons (Fsp3) is 0.429. The zero-order valence-electron chi connectivity index (χ0n) is 17.1. The molecule has 1 unspecified atom stereocenters. The van der Waals surface area contributed by atoms with Crippen LogP contribution in [0.15, 0.2) is 42.5 Å². The second-order valence-electron chi connectivity index (χ2n) is 8.00. The SMILES string of the molecule is CC(C)(C)OC(=O)N1CCC(OCc2ccccc2)[C@H]1C(=O)On1c(O)ccc1O. The van der Waals surface area contributed by atoms with Gasteiger partial charge in [0.15, 0.2) is 6.04 Å². The first-order valence-corrected chi connectivity index (χ1v) is 9.63. The minimum Gasteiger partial charge on any atom is -0.492 e. The van der Waals surface area contributed by atoms with Gasteiger partial charge in [-0.15, -0.1) is 4.73 Å². The third-order valence-electron chi connectivity index (χ3n) is 4.50. The summed E-state index contributed by atoms with van der Waals surface area (Å²) in [5.74, 6) is -1.77. The van der Waals surface area contributed by atoms with Gasteiger partial charge in [-0.05, 0) is 32.8 Å². The predicted molar refractivity (Wildman–Crippen MR) is 106 cm³/mol. The van der Waals surface area contributed by atoms with Crippen LogP contribution in [-0.2, 0) is 20.9 Å². The van der Waals surface area contributed by atoms with Gasteiger partial charge in [0.2, 0.25) is 11.8 Å². The molecule has 9 nitrogen and oxygen atoms in total. The number of carbonyl (C=O) groups excluding carboxylic acids is 2. The van der Waals surface area contributed by atoms with Crippen LogP contribution in [0.3, 0.4) is 0 Å². The minimum absolute atomic E-state index is 0.234. The van der Waals surface area contributed by atoms with Crippen molar-refractivity contribution < 1.29 is 34.1 Å². The van der Waals surface area contributed by atoms with E-state index in [4.69, 9.17) is 14.3 Å². The monoisotopic (exact) mass is 418 g/mol. The van der Waals surface area contributed by atoms with Gasteiger partial charge < -0.3 is 24.5 Å². The van der Waals surface area contributed by atoms with Crippen molar-refractivity contribution in [2.24, 2.45) is 0 Å². The third kappa shape index (κ3) is 5.04. The molecule has 1 aliphatic heterocycles. The smallest absolute Gasteiger partial charge is 0.411 e. The number of aromatic nitrogens is 1. The first-order valence-electron chi connectivity index (χ1n) is 9.63. The van der Waals surface area contributed by atoms with Crippen molar-refractivity contribution in [3.63, 3.8) is 0 Å². The maximum absolute atomic E-state index is 12.9. The van der Waals surface area contributed by atoms with E-state index in [1.807, 2.05) is 30.3 Å². The van der Waals surface area contributed by atoms with Gasteiger partial charge in [-0.2, -0.15) is 0 Å². The highest BCUT2D eigenvalue weighted by molar-refractivity contribution is 5.83. The number of rotatable bonds is 5. The van der Waals surface area contributed by atoms with Crippen LogP contribution < -0.4 is 4.84 Å². The molecule has 2 aromatic rings. The van der Waals surface area contributed by atoms with Crippen molar-refractivity contribution in [1.82, 2.24) is 9.63 Å². The van der Waals surface area contributed by atoms with E-state index < -0.39 is 41.6 Å². The van der Waals surface area contributed by atoms with Crippen LogP contribution in [0.25, 0.3) is 0 Å². The van der Waals surface area contributed by atoms with E-state index in [9.17, 15) is 19.8 Å². The van der Waals surface area contributed by atoms with Gasteiger partial charge in [-0.25, -0.2) is 9.59 Å². The van der Waals surface area contributed by atoms with Crippen LogP contribution in [0.5, 0.6) is 11.8 Å². The van der Waals surface area contributed by atoms with Gasteiger partial charge in [0.1, 0.15) is 5.60 Å². The fourth-order valence-electron chi connectivity index (χ4n) is 3.16. The summed E-state index contributed by atoms with van der Waals surface area (Å²) < 4.78 is 11.9. The van der Waals surface area contributed by atoms with E-state index in [0.29, 0.717) is 11.2 Å². The Balaban J connectivity index is 1.79. The molecular weight excluding hydrogens is 392 g/mol. The van der Waals surface area contributed by atoms with Crippen molar-refractivity contribution in [3.8, 4) is 11.8 Å². The zero-order chi connectivity index (χ0) is 21.9. The molecule has 0 spiro atoms. The second kappa shape index (κ2) is 8.66. The van der Waals surface area contributed by atoms with Crippen LogP contribution in [0, 0.1) is 0 Å². The average Bonchev–Trinajstić information content (AvgIpc) is 3.24. The standard InChI is InChI=1S/C21H26N2O7/c1-21(2,3)29-20(27)22-12-11-15(28-13-14-7-5-4-6-8-14)18(22)19(26)30-23-16(24)9-10-17(23)25/h4-10,15,18,24-25H,11-13H2,1-3H3/t15?,18-/m0/s1. The Morgan fingerprint density at radius 2 is 1.70 bits per heavy atom. The molecule has 1 saturated heterocycles. The number of hydrogen-bond acceptors (Lipinski definition) is 7. The summed E-state index contributed by atoms with van der Waals surface area (Å²) in [6, 6.07) is 10.7. The number of amides is 1. The lowest BCUT2D eigenvalue weighted by atomic mass is 10.1. The lowest BCUT2D eigenvalue weighted by molar-refractivity contribution is -0.155. The second-order valence-corrected chi connectivity index (χ2v) is 8.00. The Bertz CT molecular complexity index is 869. The summed E-state index contributed by atoms with van der Waals surface area (Å²) >= 11 is 0. The van der Waals surface area contributed by atoms with Gasteiger partial charge in [0, 0.05) is 18.7 Å². The molecular formula is C21H26N2O7. The molecule has 1 aliphatic rings. The van der Waals surface area contributed by atoms with Crippen LogP contribution in [0.2, 0.25) is 0 Å². The molecule has 2 N–H and O–H groups in total. The molecule has 0 radical (unpaired) electrons. The molecule has 30 heavy (non-hydrogen) atoms. The molecule has 162 valence electrons. The van der Waals surface area contributed by atoms with E-state index in [1.54, 1.807) is 20.8 Å². The number of benzene rings is 1. The lowest BCUT2D eigenvalue weighted by Crippen LogP contribution is -2.50. The van der Waals surface area contributed by atoms with Gasteiger partial charge in [-0.1, -0.05) is 30.3 Å². The van der Waals surface area contributed by atoms with Gasteiger partial charge in [-0.3, -0.25) is 4.90 Å². The predicted octanol–water partition coefficient (Wildman–Crippen LogP) is 2.45. The largest absolute Gasteiger partial charge is 0.492 e. The van der Waals surface area contributed by atoms with E-state index in [-0.39, 0.29) is 13.2 Å². The Morgan fingerprint density at radius 1 is 1.07 bits per heavy atom. The minimum atomic E-state index is -1.11. The van der Waals surface area contributed by atoms with Crippen molar-refractivity contribution in [1.29, 1.82) is 0 Å². The van der Waals surface area contributed by atoms with Crippen LogP contribution in [0.1, 0.15) is 32.8 Å². The first-order chi connectivity index (χ1) is 14.2. The van der Waals surface area contributed by atoms with Crippen LogP contribution in [0.4, 0.5) is 4.79 Å². The molecule has 0 bridgehead atoms. The Hall–Kier alpha value is -3.20. The Morgan fingerprint density at radius 3 is 2.30 bits per heavy atom. The highest BCUT2D eigenvalue weighted by atomic mass is 16.7. The summed E-state index contributed by atoms with van der Waals surface area (Å²) in [4.78, 5) is 32.0. The maximum atomic E-state index is 12.9. The van der Waals surface area contributed by atoms with Crippen LogP contribution >= 0.6 is 0 Å². The number of hydrogen-bond donors (Lipinski definition) is 2. The molecule has 1 aromatic heterocycles. The Labute approximate surface area is 174 Å². The maximum Gasteiger partial charge on any atom is 0.411 e. The fourth-order valence-corrected chi connectivity index (χ4v) is 3.16. The van der Waals surface area contributed by atoms with Crippen molar-refractivity contribution >= 4 is 12.1 Å². The van der Waals surface area contributed by atoms with Crippen LogP contribution in [-0.4, -0.2) is 56.2 Å². The summed E-state index contributed by atoms with van der Waals surface area (Å²) in [6.45, 7) is 5.67. The molecule has 1 aromatic carbocycles. The number of aromatic hydroxyl groups is 2. The van der Waals surface area contributed by atoms with E-state index in [2.05, 4.69) is 0 Å². The highest BCUT2D eigenvalue weighted by Gasteiger charge is 2.46.